The fraction of sp³-hybridized carbons (Fsp3) is 0.395. The SMILES string of the molecule is CC/C(N)=C(/O)C(=O)Nc1nc(/C=C(/C)C=N)cn1C/C=C/Cn1c(NC(=O)c2oc(C)nc2CC)nc2cc(C(N)=O)cc(OCCCN3CCOCC3)c21. The molecule has 0 saturated carbocycles. The smallest absolute Gasteiger partial charge is 0.295 e. The number of aliphatic hydroxyl groups is 1. The van der Waals surface area contributed by atoms with Crippen LogP contribution in [0.15, 0.2) is 51.9 Å². The molecule has 56 heavy (non-hydrogen) atoms. The predicted molar refractivity (Wildman–Crippen MR) is 211 cm³/mol. The number of morpholine rings is 1. The normalized spacial score (nSPS) is 14.2. The number of oxazole rings is 1. The standard InChI is InChI=1S/C38H49N11O7/c1-5-27(40)32(50)35(52)45-37-43-26(18-23(3)21-39)22-48(37)11-7-8-12-49-31-29(44-38(49)46-36(53)33-28(6-2)42-24(4)56-33)19-25(34(41)51)20-30(31)55-15-9-10-47-13-16-54-17-14-47/h7-8,18-22,39,50H,5-6,9-17,40H2,1-4H3,(H2,41,51)(H,43,45,52)(H,44,46,53)/b8-7+,23-18-,32-27-,39-21?. The molecule has 8 N–H and O–H groups in total. The zero-order chi connectivity index (χ0) is 40.4. The zero-order valence-corrected chi connectivity index (χ0v) is 32.1. The molecule has 1 aromatic carbocycles. The van der Waals surface area contributed by atoms with Gasteiger partial charge in [0.15, 0.2) is 5.89 Å². The Balaban J connectivity index is 1.48. The molecule has 0 atom stereocenters. The summed E-state index contributed by atoms with van der Waals surface area (Å²) in [6.45, 7) is 11.6. The summed E-state index contributed by atoms with van der Waals surface area (Å²) in [5.41, 5.74) is 14.2. The number of imidazole rings is 2. The molecule has 0 spiro atoms. The van der Waals surface area contributed by atoms with Gasteiger partial charge in [-0.05, 0) is 50.0 Å². The van der Waals surface area contributed by atoms with Crippen LogP contribution in [0.5, 0.6) is 5.75 Å². The van der Waals surface area contributed by atoms with Gasteiger partial charge < -0.3 is 45.0 Å². The molecule has 3 aromatic heterocycles. The summed E-state index contributed by atoms with van der Waals surface area (Å²) >= 11 is 0. The second-order valence-corrected chi connectivity index (χ2v) is 13.1. The Hall–Kier alpha value is -6.27. The van der Waals surface area contributed by atoms with Crippen LogP contribution in [0.1, 0.15) is 71.8 Å². The zero-order valence-electron chi connectivity index (χ0n) is 32.1. The minimum atomic E-state index is -0.814. The molecule has 0 bridgehead atoms. The average molecular weight is 772 g/mol. The number of primary amides is 1. The van der Waals surface area contributed by atoms with Crippen LogP contribution in [0.2, 0.25) is 0 Å². The van der Waals surface area contributed by atoms with Crippen LogP contribution in [0, 0.1) is 12.3 Å². The summed E-state index contributed by atoms with van der Waals surface area (Å²) in [6.07, 6.45) is 9.65. The second kappa shape index (κ2) is 18.9. The molecule has 18 nitrogen and oxygen atoms in total. The van der Waals surface area contributed by atoms with Crippen LogP contribution in [0.4, 0.5) is 11.9 Å². The summed E-state index contributed by atoms with van der Waals surface area (Å²) in [4.78, 5) is 54.6. The summed E-state index contributed by atoms with van der Waals surface area (Å²) < 4.78 is 20.8. The quantitative estimate of drug-likeness (QED) is 0.0277. The summed E-state index contributed by atoms with van der Waals surface area (Å²) in [6, 6.07) is 3.12. The van der Waals surface area contributed by atoms with E-state index in [2.05, 4.69) is 25.5 Å². The maximum Gasteiger partial charge on any atom is 0.295 e. The molecule has 1 aliphatic heterocycles. The van der Waals surface area contributed by atoms with Gasteiger partial charge in [0.2, 0.25) is 29.3 Å². The van der Waals surface area contributed by atoms with Gasteiger partial charge in [-0.1, -0.05) is 26.0 Å². The van der Waals surface area contributed by atoms with Crippen LogP contribution in [0.3, 0.4) is 0 Å². The molecule has 1 fully saturated rings. The second-order valence-electron chi connectivity index (χ2n) is 13.1. The molecular weight excluding hydrogens is 722 g/mol. The van der Waals surface area contributed by atoms with Crippen LogP contribution < -0.4 is 26.8 Å². The minimum Gasteiger partial charge on any atom is -0.502 e. The number of benzene rings is 1. The monoisotopic (exact) mass is 771 g/mol. The molecule has 18 heteroatoms. The van der Waals surface area contributed by atoms with Crippen LogP contribution >= 0.6 is 0 Å². The van der Waals surface area contributed by atoms with Gasteiger partial charge in [-0.2, -0.15) is 0 Å². The molecule has 5 rings (SSSR count). The number of nitrogens with two attached hydrogens (primary N) is 2. The Bertz CT molecular complexity index is 2170. The van der Waals surface area contributed by atoms with E-state index in [0.29, 0.717) is 72.3 Å². The lowest BCUT2D eigenvalue weighted by Crippen LogP contribution is -2.37. The Morgan fingerprint density at radius 1 is 1.05 bits per heavy atom. The topological polar surface area (TPSA) is 255 Å². The van der Waals surface area contributed by atoms with Crippen molar-refractivity contribution in [1.29, 1.82) is 5.41 Å². The van der Waals surface area contributed by atoms with Gasteiger partial charge in [0.1, 0.15) is 11.3 Å². The third-order valence-corrected chi connectivity index (χ3v) is 8.92. The van der Waals surface area contributed by atoms with Gasteiger partial charge in [-0.25, -0.2) is 15.0 Å². The van der Waals surface area contributed by atoms with Crippen molar-refractivity contribution in [1.82, 2.24) is 29.0 Å². The van der Waals surface area contributed by atoms with Crippen LogP contribution in [-0.2, 0) is 29.0 Å². The first kappa shape index (κ1) is 40.9. The number of nitrogens with zero attached hydrogens (tertiary/aromatic N) is 6. The van der Waals surface area contributed by atoms with Crippen molar-refractivity contribution in [3.63, 3.8) is 0 Å². The molecule has 0 radical (unpaired) electrons. The Morgan fingerprint density at radius 2 is 1.80 bits per heavy atom. The van der Waals surface area contributed by atoms with Crippen molar-refractivity contribution < 1.29 is 33.4 Å². The maximum absolute atomic E-state index is 13.6. The van der Waals surface area contributed by atoms with Crippen molar-refractivity contribution in [2.24, 2.45) is 11.5 Å². The van der Waals surface area contributed by atoms with Crippen molar-refractivity contribution in [2.45, 2.75) is 60.0 Å². The predicted octanol–water partition coefficient (Wildman–Crippen LogP) is 3.93. The molecule has 4 heterocycles. The first-order chi connectivity index (χ1) is 26.9. The number of carbonyl (C=O) groups excluding carboxylic acids is 3. The van der Waals surface area contributed by atoms with Gasteiger partial charge in [-0.3, -0.25) is 29.9 Å². The number of aliphatic hydroxyl groups excluding tert-OH is 1. The highest BCUT2D eigenvalue weighted by atomic mass is 16.5. The Kier molecular flexibility index (Phi) is 13.8. The van der Waals surface area contributed by atoms with Crippen molar-refractivity contribution in [3.05, 3.63) is 76.1 Å². The van der Waals surface area contributed by atoms with E-state index in [9.17, 15) is 19.5 Å². The van der Waals surface area contributed by atoms with E-state index in [0.717, 1.165) is 19.6 Å². The number of nitrogens with one attached hydrogen (secondary N) is 3. The number of ether oxygens (including phenoxy) is 2. The fourth-order valence-electron chi connectivity index (χ4n) is 5.96. The Labute approximate surface area is 323 Å². The van der Waals surface area contributed by atoms with Crippen molar-refractivity contribution in [2.75, 3.05) is 50.1 Å². The van der Waals surface area contributed by atoms with Gasteiger partial charge in [-0.15, -0.1) is 0 Å². The lowest BCUT2D eigenvalue weighted by atomic mass is 10.1. The lowest BCUT2D eigenvalue weighted by Gasteiger charge is -2.26. The summed E-state index contributed by atoms with van der Waals surface area (Å²) in [7, 11) is 0. The third kappa shape index (κ3) is 10.1. The van der Waals surface area contributed by atoms with E-state index in [-0.39, 0.29) is 48.4 Å². The molecule has 0 unspecified atom stereocenters. The number of hydrogen-bond acceptors (Lipinski definition) is 13. The van der Waals surface area contributed by atoms with Crippen LogP contribution in [-0.4, -0.2) is 97.5 Å². The van der Waals surface area contributed by atoms with Crippen molar-refractivity contribution in [3.8, 4) is 5.75 Å². The number of aromatic nitrogens is 5. The highest BCUT2D eigenvalue weighted by molar-refractivity contribution is 6.04. The van der Waals surface area contributed by atoms with Gasteiger partial charge >= 0.3 is 0 Å². The molecule has 1 saturated heterocycles. The number of anilines is 2. The maximum atomic E-state index is 13.6. The van der Waals surface area contributed by atoms with E-state index < -0.39 is 23.5 Å². The van der Waals surface area contributed by atoms with E-state index >= 15 is 0 Å². The van der Waals surface area contributed by atoms with Crippen LogP contribution in [0.25, 0.3) is 17.1 Å². The molecule has 0 aliphatic carbocycles. The number of rotatable bonds is 18. The number of hydrogen-bond donors (Lipinski definition) is 6. The third-order valence-electron chi connectivity index (χ3n) is 8.92. The first-order valence-corrected chi connectivity index (χ1v) is 18.4. The number of fused-ring (bicyclic) bond motifs is 1. The largest absolute Gasteiger partial charge is 0.502 e. The minimum absolute atomic E-state index is 0.0310. The first-order valence-electron chi connectivity index (χ1n) is 18.4. The van der Waals surface area contributed by atoms with Crippen molar-refractivity contribution >= 4 is 52.9 Å². The number of amides is 3. The van der Waals surface area contributed by atoms with E-state index in [1.54, 1.807) is 54.3 Å². The van der Waals surface area contributed by atoms with Gasteiger partial charge in [0.05, 0.1) is 42.4 Å². The average Bonchev–Trinajstić information content (AvgIpc) is 3.88. The summed E-state index contributed by atoms with van der Waals surface area (Å²) in [5, 5.41) is 23.3. The molecule has 298 valence electrons. The highest BCUT2D eigenvalue weighted by Gasteiger charge is 2.24. The van der Waals surface area contributed by atoms with Gasteiger partial charge in [0.25, 0.3) is 11.8 Å². The number of carbonyl (C=O) groups is 3. The fourth-order valence-corrected chi connectivity index (χ4v) is 5.96. The molecular formula is C38H49N11O7. The van der Waals surface area contributed by atoms with Gasteiger partial charge in [0, 0.05) is 57.6 Å². The van der Waals surface area contributed by atoms with E-state index in [1.165, 1.54) is 6.21 Å². The summed E-state index contributed by atoms with van der Waals surface area (Å²) in [5.74, 6) is -1.55. The van der Waals surface area contributed by atoms with E-state index in [4.69, 9.17) is 35.8 Å². The molecule has 3 amide bonds. The van der Waals surface area contributed by atoms with E-state index in [1.807, 2.05) is 19.1 Å². The number of aryl methyl sites for hydroxylation is 2. The Morgan fingerprint density at radius 3 is 2.50 bits per heavy atom. The molecule has 4 aromatic rings. The lowest BCUT2D eigenvalue weighted by molar-refractivity contribution is -0.115. The number of allylic oxidation sites excluding steroid dienone is 4. The highest BCUT2D eigenvalue weighted by Crippen LogP contribution is 2.32. The molecule has 1 aliphatic rings.